The van der Waals surface area contributed by atoms with E-state index in [9.17, 15) is 9.59 Å². The van der Waals surface area contributed by atoms with E-state index < -0.39 is 0 Å². The maximum Gasteiger partial charge on any atom is 0.332 e. The van der Waals surface area contributed by atoms with E-state index in [1.54, 1.807) is 7.05 Å². The van der Waals surface area contributed by atoms with Gasteiger partial charge in [-0.2, -0.15) is 0 Å². The topological polar surface area (TPSA) is 75.9 Å². The van der Waals surface area contributed by atoms with Crippen LogP contribution < -0.4 is 11.2 Å². The van der Waals surface area contributed by atoms with Gasteiger partial charge in [0.2, 0.25) is 0 Å². The Morgan fingerprint density at radius 2 is 1.77 bits per heavy atom. The second-order valence-corrected chi connectivity index (χ2v) is 6.73. The third-order valence-corrected chi connectivity index (χ3v) is 4.46. The minimum atomic E-state index is -0.351. The van der Waals surface area contributed by atoms with Crippen LogP contribution in [0.15, 0.2) is 9.59 Å². The van der Waals surface area contributed by atoms with Crippen molar-refractivity contribution in [1.82, 2.24) is 24.0 Å². The van der Waals surface area contributed by atoms with Crippen molar-refractivity contribution < 1.29 is 0 Å². The Hall–Kier alpha value is -1.89. The van der Waals surface area contributed by atoms with E-state index in [4.69, 9.17) is 0 Å². The second kappa shape index (κ2) is 5.39. The van der Waals surface area contributed by atoms with Crippen LogP contribution in [0.1, 0.15) is 26.1 Å². The number of aryl methyl sites for hydroxylation is 1. The minimum Gasteiger partial charge on any atom is -0.335 e. The van der Waals surface area contributed by atoms with Crippen LogP contribution in [0.5, 0.6) is 0 Å². The SMILES string of the molecule is C[C@@H]1C[C@@H](C)CN(Cc2nc3c([nH]2)c(=O)n(C)c(=O)n3C)C1. The largest absolute Gasteiger partial charge is 0.335 e. The number of piperidine rings is 1. The van der Waals surface area contributed by atoms with E-state index in [1.165, 1.54) is 18.0 Å². The molecule has 0 aromatic carbocycles. The molecule has 0 saturated carbocycles. The van der Waals surface area contributed by atoms with Crippen molar-refractivity contribution in [2.45, 2.75) is 26.8 Å². The third-order valence-electron chi connectivity index (χ3n) is 4.46. The van der Waals surface area contributed by atoms with Crippen molar-refractivity contribution in [2.75, 3.05) is 13.1 Å². The summed E-state index contributed by atoms with van der Waals surface area (Å²) in [4.78, 5) is 34.1. The van der Waals surface area contributed by atoms with Gasteiger partial charge in [-0.25, -0.2) is 9.78 Å². The summed E-state index contributed by atoms with van der Waals surface area (Å²) >= 11 is 0. The summed E-state index contributed by atoms with van der Waals surface area (Å²) in [6, 6.07) is 0. The van der Waals surface area contributed by atoms with Gasteiger partial charge >= 0.3 is 5.69 Å². The lowest BCUT2D eigenvalue weighted by atomic mass is 9.92. The molecule has 0 bridgehead atoms. The van der Waals surface area contributed by atoms with Gasteiger partial charge in [-0.05, 0) is 18.3 Å². The van der Waals surface area contributed by atoms with Gasteiger partial charge in [0.25, 0.3) is 5.56 Å². The molecule has 2 atom stereocenters. The van der Waals surface area contributed by atoms with Crippen molar-refractivity contribution in [2.24, 2.45) is 25.9 Å². The first-order valence-electron chi connectivity index (χ1n) is 7.73. The van der Waals surface area contributed by atoms with Gasteiger partial charge < -0.3 is 4.98 Å². The van der Waals surface area contributed by atoms with Crippen LogP contribution in [0, 0.1) is 11.8 Å². The highest BCUT2D eigenvalue weighted by Crippen LogP contribution is 2.22. The monoisotopic (exact) mass is 305 g/mol. The fourth-order valence-electron chi connectivity index (χ4n) is 3.58. The summed E-state index contributed by atoms with van der Waals surface area (Å²) in [5.41, 5.74) is 0.159. The first-order chi connectivity index (χ1) is 10.4. The smallest absolute Gasteiger partial charge is 0.332 e. The summed E-state index contributed by atoms with van der Waals surface area (Å²) in [5, 5.41) is 0. The normalized spacial score (nSPS) is 23.3. The highest BCUT2D eigenvalue weighted by molar-refractivity contribution is 5.69. The Morgan fingerprint density at radius 3 is 2.41 bits per heavy atom. The van der Waals surface area contributed by atoms with Crippen LogP contribution in [-0.4, -0.2) is 37.1 Å². The first kappa shape index (κ1) is 15.0. The summed E-state index contributed by atoms with van der Waals surface area (Å²) in [5.74, 6) is 2.09. The second-order valence-electron chi connectivity index (χ2n) is 6.73. The number of fused-ring (bicyclic) bond motifs is 1. The van der Waals surface area contributed by atoms with Crippen LogP contribution in [0.2, 0.25) is 0 Å². The fraction of sp³-hybridized carbons (Fsp3) is 0.667. The Bertz CT molecular complexity index is 806. The molecule has 0 unspecified atom stereocenters. The number of nitrogens with one attached hydrogen (secondary N) is 1. The Kier molecular flexibility index (Phi) is 3.68. The van der Waals surface area contributed by atoms with Crippen LogP contribution >= 0.6 is 0 Å². The van der Waals surface area contributed by atoms with Gasteiger partial charge in [0.1, 0.15) is 11.3 Å². The molecule has 0 spiro atoms. The van der Waals surface area contributed by atoms with Gasteiger partial charge in [0.05, 0.1) is 6.54 Å². The molecule has 7 nitrogen and oxygen atoms in total. The number of rotatable bonds is 2. The molecule has 3 rings (SSSR count). The van der Waals surface area contributed by atoms with Crippen molar-refractivity contribution >= 4 is 11.2 Å². The molecule has 0 amide bonds. The quantitative estimate of drug-likeness (QED) is 0.873. The molecule has 1 aliphatic heterocycles. The van der Waals surface area contributed by atoms with E-state index in [1.807, 2.05) is 0 Å². The molecule has 1 N–H and O–H groups in total. The summed E-state index contributed by atoms with van der Waals surface area (Å²) in [7, 11) is 3.12. The molecule has 1 aliphatic rings. The number of nitrogens with zero attached hydrogens (tertiary/aromatic N) is 4. The average molecular weight is 305 g/mol. The number of likely N-dealkylation sites (tertiary alicyclic amines) is 1. The molecule has 120 valence electrons. The van der Waals surface area contributed by atoms with Crippen LogP contribution in [0.25, 0.3) is 11.2 Å². The molecule has 0 radical (unpaired) electrons. The highest BCUT2D eigenvalue weighted by Gasteiger charge is 2.23. The molecule has 22 heavy (non-hydrogen) atoms. The summed E-state index contributed by atoms with van der Waals surface area (Å²) in [6.45, 7) is 7.29. The molecule has 1 saturated heterocycles. The van der Waals surface area contributed by atoms with E-state index in [0.29, 0.717) is 29.5 Å². The lowest BCUT2D eigenvalue weighted by Gasteiger charge is -2.34. The van der Waals surface area contributed by atoms with Crippen LogP contribution in [-0.2, 0) is 20.6 Å². The lowest BCUT2D eigenvalue weighted by Crippen LogP contribution is -2.38. The van der Waals surface area contributed by atoms with E-state index in [0.717, 1.165) is 23.5 Å². The fourth-order valence-corrected chi connectivity index (χ4v) is 3.58. The molecule has 7 heteroatoms. The summed E-state index contributed by atoms with van der Waals surface area (Å²) < 4.78 is 2.52. The summed E-state index contributed by atoms with van der Waals surface area (Å²) in [6.07, 6.45) is 1.26. The van der Waals surface area contributed by atoms with E-state index in [-0.39, 0.29) is 11.2 Å². The third kappa shape index (κ3) is 2.49. The Balaban J connectivity index is 1.96. The molecule has 0 aliphatic carbocycles. The van der Waals surface area contributed by atoms with Crippen molar-refractivity contribution in [3.63, 3.8) is 0 Å². The molecular weight excluding hydrogens is 282 g/mol. The number of hydrogen-bond donors (Lipinski definition) is 1. The molecule has 2 aromatic heterocycles. The zero-order valence-corrected chi connectivity index (χ0v) is 13.6. The first-order valence-corrected chi connectivity index (χ1v) is 7.73. The molecule has 1 fully saturated rings. The zero-order chi connectivity index (χ0) is 16.0. The highest BCUT2D eigenvalue weighted by atomic mass is 16.2. The lowest BCUT2D eigenvalue weighted by molar-refractivity contribution is 0.132. The van der Waals surface area contributed by atoms with Crippen molar-refractivity contribution in [3.05, 3.63) is 26.7 Å². The molecule has 2 aromatic rings. The number of H-pyrrole nitrogens is 1. The zero-order valence-electron chi connectivity index (χ0n) is 13.6. The van der Waals surface area contributed by atoms with Gasteiger partial charge in [-0.1, -0.05) is 13.8 Å². The van der Waals surface area contributed by atoms with Gasteiger partial charge in [-0.3, -0.25) is 18.8 Å². The maximum atomic E-state index is 12.2. The van der Waals surface area contributed by atoms with Gasteiger partial charge in [0, 0.05) is 27.2 Å². The number of aromatic nitrogens is 4. The number of imidazole rings is 1. The standard InChI is InChI=1S/C15H23N5O2/c1-9-5-10(2)7-20(6-9)8-11-16-12-13(17-11)18(3)15(22)19(4)14(12)21/h9-10H,5-8H2,1-4H3,(H,16,17)/t9-,10-/m1/s1. The minimum absolute atomic E-state index is 0.322. The van der Waals surface area contributed by atoms with Crippen LogP contribution in [0.4, 0.5) is 0 Å². The average Bonchev–Trinajstić information content (AvgIpc) is 2.85. The predicted octanol–water partition coefficient (Wildman–Crippen LogP) is 0.438. The Morgan fingerprint density at radius 1 is 1.14 bits per heavy atom. The van der Waals surface area contributed by atoms with Gasteiger partial charge in [-0.15, -0.1) is 0 Å². The van der Waals surface area contributed by atoms with E-state index in [2.05, 4.69) is 28.7 Å². The number of aromatic amines is 1. The number of hydrogen-bond acceptors (Lipinski definition) is 4. The van der Waals surface area contributed by atoms with Crippen molar-refractivity contribution in [3.8, 4) is 0 Å². The molecular formula is C15H23N5O2. The Labute approximate surface area is 128 Å². The maximum absolute atomic E-state index is 12.2. The van der Waals surface area contributed by atoms with E-state index >= 15 is 0 Å². The van der Waals surface area contributed by atoms with Crippen LogP contribution in [0.3, 0.4) is 0 Å². The van der Waals surface area contributed by atoms with Gasteiger partial charge in [0.15, 0.2) is 5.65 Å². The van der Waals surface area contributed by atoms with Crippen molar-refractivity contribution in [1.29, 1.82) is 0 Å². The molecule has 3 heterocycles. The predicted molar refractivity (Wildman–Crippen MR) is 84.8 cm³/mol.